The molecule has 2 saturated heterocycles. The van der Waals surface area contributed by atoms with Gasteiger partial charge in [0.1, 0.15) is 18.3 Å². The Morgan fingerprint density at radius 2 is 1.26 bits per heavy atom. The molecule has 2 fully saturated rings. The van der Waals surface area contributed by atoms with Crippen molar-refractivity contribution in [2.75, 3.05) is 132 Å². The van der Waals surface area contributed by atoms with E-state index in [0.717, 1.165) is 0 Å². The number of ether oxygens (including phenoxy) is 7. The third-order valence-corrected chi connectivity index (χ3v) is 9.43. The lowest BCUT2D eigenvalue weighted by Gasteiger charge is -2.42. The highest BCUT2D eigenvalue weighted by atomic mass is 16.6. The second kappa shape index (κ2) is 28.3. The molecule has 5 amide bonds. The fourth-order valence-electron chi connectivity index (χ4n) is 6.27. The molecule has 3 aliphatic rings. The van der Waals surface area contributed by atoms with Gasteiger partial charge in [-0.3, -0.25) is 33.8 Å². The Bertz CT molecular complexity index is 1220. The first-order valence-electron chi connectivity index (χ1n) is 19.8. The minimum absolute atomic E-state index is 0.0354. The summed E-state index contributed by atoms with van der Waals surface area (Å²) in [4.78, 5) is 64.5. The summed E-state index contributed by atoms with van der Waals surface area (Å²) in [7, 11) is 0. The normalized spacial score (nSPS) is 22.7. The summed E-state index contributed by atoms with van der Waals surface area (Å²) < 4.78 is 38.7. The second-order valence-electron chi connectivity index (χ2n) is 13.7. The van der Waals surface area contributed by atoms with Crippen molar-refractivity contribution in [1.29, 1.82) is 0 Å². The summed E-state index contributed by atoms with van der Waals surface area (Å²) in [6.07, 6.45) is -0.0232. The summed E-state index contributed by atoms with van der Waals surface area (Å²) in [5.41, 5.74) is 0. The Morgan fingerprint density at radius 3 is 1.84 bits per heavy atom. The molecule has 0 aromatic carbocycles. The molecule has 0 aromatic heterocycles. The number of piperazine rings is 1. The molecule has 326 valence electrons. The molecule has 3 rings (SSSR count). The summed E-state index contributed by atoms with van der Waals surface area (Å²) in [5.74, 6) is -1.04. The SMILES string of the molecule is CC(=O)N[C@@H]1[C@@H](O)[C@@H](O)[C@@H](CO)O[C@@H]1CCCOCCOCCNC(=O)CCOCCOCCOCCOCCC(=O)N1CCN(CCN2C(=O)C=CC2=O)CC1. The first-order chi connectivity index (χ1) is 27.6. The van der Waals surface area contributed by atoms with Crippen LogP contribution < -0.4 is 10.6 Å². The molecule has 0 saturated carbocycles. The maximum Gasteiger partial charge on any atom is 0.253 e. The summed E-state index contributed by atoms with van der Waals surface area (Å²) >= 11 is 0. The molecular formula is C37H63N5O15. The lowest BCUT2D eigenvalue weighted by atomic mass is 9.90. The number of rotatable bonds is 30. The Kier molecular flexibility index (Phi) is 23.9. The topological polar surface area (TPSA) is 244 Å². The van der Waals surface area contributed by atoms with E-state index in [4.69, 9.17) is 33.2 Å². The van der Waals surface area contributed by atoms with Crippen LogP contribution in [0.15, 0.2) is 12.2 Å². The third-order valence-electron chi connectivity index (χ3n) is 9.43. The van der Waals surface area contributed by atoms with Crippen molar-refractivity contribution in [1.82, 2.24) is 25.3 Å². The molecule has 0 spiro atoms. The van der Waals surface area contributed by atoms with Crippen LogP contribution in [0.4, 0.5) is 0 Å². The van der Waals surface area contributed by atoms with Crippen LogP contribution in [0.25, 0.3) is 0 Å². The molecule has 57 heavy (non-hydrogen) atoms. The minimum Gasteiger partial charge on any atom is -0.394 e. The van der Waals surface area contributed by atoms with Crippen LogP contribution >= 0.6 is 0 Å². The smallest absolute Gasteiger partial charge is 0.253 e. The van der Waals surface area contributed by atoms with Crippen LogP contribution in [0, 0.1) is 0 Å². The average Bonchev–Trinajstić information content (AvgIpc) is 3.52. The van der Waals surface area contributed by atoms with E-state index < -0.39 is 37.1 Å². The highest BCUT2D eigenvalue weighted by Gasteiger charge is 2.44. The zero-order valence-corrected chi connectivity index (χ0v) is 33.1. The van der Waals surface area contributed by atoms with Gasteiger partial charge < -0.3 is 64.0 Å². The van der Waals surface area contributed by atoms with Crippen LogP contribution in [-0.4, -0.2) is 222 Å². The molecule has 0 radical (unpaired) electrons. The Hall–Kier alpha value is -3.15. The first kappa shape index (κ1) is 48.2. The number of carbonyl (C=O) groups excluding carboxylic acids is 5. The zero-order chi connectivity index (χ0) is 41.3. The van der Waals surface area contributed by atoms with Crippen LogP contribution in [-0.2, 0) is 57.1 Å². The minimum atomic E-state index is -1.31. The van der Waals surface area contributed by atoms with E-state index in [1.807, 2.05) is 4.90 Å². The van der Waals surface area contributed by atoms with E-state index in [2.05, 4.69) is 15.5 Å². The van der Waals surface area contributed by atoms with Crippen molar-refractivity contribution in [2.24, 2.45) is 0 Å². The van der Waals surface area contributed by atoms with Gasteiger partial charge in [-0.05, 0) is 12.8 Å². The number of carbonyl (C=O) groups is 5. The molecule has 5 atom stereocenters. The summed E-state index contributed by atoms with van der Waals surface area (Å²) in [6, 6.07) is -0.796. The van der Waals surface area contributed by atoms with Gasteiger partial charge in [0.15, 0.2) is 0 Å². The van der Waals surface area contributed by atoms with Crippen LogP contribution in [0.5, 0.6) is 0 Å². The maximum absolute atomic E-state index is 12.5. The average molecular weight is 818 g/mol. The van der Waals surface area contributed by atoms with E-state index in [9.17, 15) is 39.3 Å². The van der Waals surface area contributed by atoms with Gasteiger partial charge in [0.05, 0.1) is 97.8 Å². The van der Waals surface area contributed by atoms with Crippen LogP contribution in [0.1, 0.15) is 32.6 Å². The predicted octanol–water partition coefficient (Wildman–Crippen LogP) is -3.18. The highest BCUT2D eigenvalue weighted by Crippen LogP contribution is 2.24. The maximum atomic E-state index is 12.5. The number of amides is 5. The van der Waals surface area contributed by atoms with Gasteiger partial charge in [-0.15, -0.1) is 0 Å². The quantitative estimate of drug-likeness (QED) is 0.0355. The summed E-state index contributed by atoms with van der Waals surface area (Å²) in [6.45, 7) is 8.93. The second-order valence-corrected chi connectivity index (χ2v) is 13.7. The Morgan fingerprint density at radius 1 is 0.719 bits per heavy atom. The van der Waals surface area contributed by atoms with Gasteiger partial charge >= 0.3 is 0 Å². The fraction of sp³-hybridized carbons (Fsp3) is 0.811. The molecule has 0 aliphatic carbocycles. The highest BCUT2D eigenvalue weighted by molar-refractivity contribution is 6.12. The van der Waals surface area contributed by atoms with E-state index in [-0.39, 0.29) is 42.6 Å². The van der Waals surface area contributed by atoms with Crippen LogP contribution in [0.3, 0.4) is 0 Å². The number of aliphatic hydroxyl groups is 3. The van der Waals surface area contributed by atoms with Crippen molar-refractivity contribution < 1.29 is 72.5 Å². The molecule has 5 N–H and O–H groups in total. The first-order valence-corrected chi connectivity index (χ1v) is 19.8. The molecule has 20 nitrogen and oxygen atoms in total. The van der Waals surface area contributed by atoms with Crippen molar-refractivity contribution in [2.45, 2.75) is 63.1 Å². The van der Waals surface area contributed by atoms with Gasteiger partial charge in [-0.2, -0.15) is 0 Å². The van der Waals surface area contributed by atoms with E-state index in [1.165, 1.54) is 24.0 Å². The number of imide groups is 1. The third kappa shape index (κ3) is 19.0. The molecule has 0 unspecified atom stereocenters. The van der Waals surface area contributed by atoms with Crippen molar-refractivity contribution in [3.63, 3.8) is 0 Å². The van der Waals surface area contributed by atoms with E-state index >= 15 is 0 Å². The van der Waals surface area contributed by atoms with Crippen molar-refractivity contribution in [3.8, 4) is 0 Å². The van der Waals surface area contributed by atoms with E-state index in [1.54, 1.807) is 0 Å². The van der Waals surface area contributed by atoms with Gasteiger partial charge in [0.2, 0.25) is 17.7 Å². The van der Waals surface area contributed by atoms with Crippen LogP contribution in [0.2, 0.25) is 0 Å². The van der Waals surface area contributed by atoms with Crippen molar-refractivity contribution in [3.05, 3.63) is 12.2 Å². The van der Waals surface area contributed by atoms with Gasteiger partial charge in [-0.1, -0.05) is 0 Å². The Balaban J connectivity index is 1.02. The predicted molar refractivity (Wildman–Crippen MR) is 201 cm³/mol. The lowest BCUT2D eigenvalue weighted by Crippen LogP contribution is -2.63. The monoisotopic (exact) mass is 817 g/mol. The Labute approximate surface area is 334 Å². The number of hydrogen-bond acceptors (Lipinski definition) is 16. The lowest BCUT2D eigenvalue weighted by molar-refractivity contribution is -0.197. The van der Waals surface area contributed by atoms with E-state index in [0.29, 0.717) is 138 Å². The zero-order valence-electron chi connectivity index (χ0n) is 33.1. The largest absolute Gasteiger partial charge is 0.394 e. The fourth-order valence-corrected chi connectivity index (χ4v) is 6.27. The molecule has 0 aromatic rings. The molecule has 3 aliphatic heterocycles. The number of nitrogens with one attached hydrogen (secondary N) is 2. The molecular weight excluding hydrogens is 754 g/mol. The van der Waals surface area contributed by atoms with Crippen molar-refractivity contribution >= 4 is 29.5 Å². The molecule has 20 heteroatoms. The molecule has 0 bridgehead atoms. The molecule has 3 heterocycles. The van der Waals surface area contributed by atoms with Gasteiger partial charge in [0.25, 0.3) is 11.8 Å². The number of aliphatic hydroxyl groups excluding tert-OH is 3. The summed E-state index contributed by atoms with van der Waals surface area (Å²) in [5, 5.41) is 35.2. The standard InChI is InChI=1S/C37H63N5O15/c1-28(44)39-35-29(57-30(27-43)36(49)37(35)50)3-2-15-51-19-22-54-18-8-38-31(45)6-16-52-20-23-55-25-26-56-24-21-53-17-7-32(46)41-12-9-40(10-13-41)11-14-42-33(47)4-5-34(42)48/h4-5,29-30,35-37,43,49-50H,2-3,6-27H2,1H3,(H,38,45)(H,39,44)/t29-,30-,35+,36+,37-/m1/s1. The van der Waals surface area contributed by atoms with Gasteiger partial charge in [0, 0.05) is 77.9 Å². The number of nitrogens with zero attached hydrogens (tertiary/aromatic N) is 3. The van der Waals surface area contributed by atoms with Gasteiger partial charge in [-0.25, -0.2) is 0 Å². The number of hydrogen-bond donors (Lipinski definition) is 5.